The van der Waals surface area contributed by atoms with Gasteiger partial charge in [0.15, 0.2) is 0 Å². The molecular weight excluding hydrogens is 424 g/mol. The number of pyridine rings is 1. The minimum absolute atomic E-state index is 0.300. The molecule has 0 atom stereocenters. The van der Waals surface area contributed by atoms with Gasteiger partial charge in [-0.25, -0.2) is 9.78 Å². The second kappa shape index (κ2) is 10.3. The summed E-state index contributed by atoms with van der Waals surface area (Å²) in [6, 6.07) is 21.2. The SMILES string of the molecule is CCOC(=O)c1cccnc1N1CCN(CCN2c3ccccc3CCc3ccccc32)CC1. The van der Waals surface area contributed by atoms with E-state index in [-0.39, 0.29) is 5.97 Å². The van der Waals surface area contributed by atoms with E-state index in [4.69, 9.17) is 4.74 Å². The van der Waals surface area contributed by atoms with Gasteiger partial charge in [-0.05, 0) is 55.2 Å². The van der Waals surface area contributed by atoms with Gasteiger partial charge in [-0.2, -0.15) is 0 Å². The zero-order valence-electron chi connectivity index (χ0n) is 19.8. The van der Waals surface area contributed by atoms with Crippen LogP contribution < -0.4 is 9.80 Å². The first-order chi connectivity index (χ1) is 16.7. The van der Waals surface area contributed by atoms with Gasteiger partial charge < -0.3 is 14.5 Å². The third-order valence-corrected chi connectivity index (χ3v) is 6.82. The molecule has 176 valence electrons. The Bertz CT molecular complexity index is 1090. The Hall–Kier alpha value is -3.38. The highest BCUT2D eigenvalue weighted by Crippen LogP contribution is 2.35. The standard InChI is InChI=1S/C28H32N4O2/c1-2-34-28(33)24-10-7-15-29-27(24)31-19-16-30(17-20-31)18-21-32-25-11-5-3-8-22(25)13-14-23-9-4-6-12-26(23)32/h3-12,15H,2,13-14,16-21H2,1H3. The molecular formula is C28H32N4O2. The second-order valence-corrected chi connectivity index (χ2v) is 8.83. The Labute approximate surface area is 201 Å². The van der Waals surface area contributed by atoms with Crippen molar-refractivity contribution < 1.29 is 9.53 Å². The lowest BCUT2D eigenvalue weighted by molar-refractivity contribution is 0.0526. The van der Waals surface area contributed by atoms with Crippen LogP contribution in [0.2, 0.25) is 0 Å². The molecule has 1 aromatic heterocycles. The zero-order chi connectivity index (χ0) is 23.3. The Morgan fingerprint density at radius 1 is 0.853 bits per heavy atom. The summed E-state index contributed by atoms with van der Waals surface area (Å²) in [6.07, 6.45) is 3.91. The molecule has 2 aliphatic heterocycles. The molecule has 6 heteroatoms. The number of carbonyl (C=O) groups excluding carboxylic acids is 1. The van der Waals surface area contributed by atoms with Gasteiger partial charge in [0.1, 0.15) is 11.4 Å². The third-order valence-electron chi connectivity index (χ3n) is 6.82. The summed E-state index contributed by atoms with van der Waals surface area (Å²) in [5, 5.41) is 0. The van der Waals surface area contributed by atoms with Gasteiger partial charge in [-0.15, -0.1) is 0 Å². The Balaban J connectivity index is 1.26. The first kappa shape index (κ1) is 22.4. The van der Waals surface area contributed by atoms with Gasteiger partial charge in [0.2, 0.25) is 0 Å². The number of anilines is 3. The Morgan fingerprint density at radius 2 is 1.50 bits per heavy atom. The number of aromatic nitrogens is 1. The van der Waals surface area contributed by atoms with Crippen LogP contribution in [0.15, 0.2) is 66.9 Å². The fourth-order valence-electron chi connectivity index (χ4n) is 5.05. The van der Waals surface area contributed by atoms with Crippen LogP contribution in [0.25, 0.3) is 0 Å². The van der Waals surface area contributed by atoms with Crippen molar-refractivity contribution in [3.05, 3.63) is 83.6 Å². The Morgan fingerprint density at radius 3 is 2.15 bits per heavy atom. The molecule has 0 saturated carbocycles. The lowest BCUT2D eigenvalue weighted by Gasteiger charge is -2.37. The number of carbonyl (C=O) groups is 1. The summed E-state index contributed by atoms with van der Waals surface area (Å²) in [4.78, 5) is 24.1. The molecule has 3 heterocycles. The molecule has 3 aromatic rings. The number of para-hydroxylation sites is 2. The quantitative estimate of drug-likeness (QED) is 0.515. The van der Waals surface area contributed by atoms with Crippen molar-refractivity contribution in [1.82, 2.24) is 9.88 Å². The molecule has 5 rings (SSSR count). The normalized spacial score (nSPS) is 15.9. The lowest BCUT2D eigenvalue weighted by atomic mass is 10.0. The number of rotatable bonds is 6. The summed E-state index contributed by atoms with van der Waals surface area (Å²) in [6.45, 7) is 7.70. The van der Waals surface area contributed by atoms with Crippen molar-refractivity contribution in [3.63, 3.8) is 0 Å². The van der Waals surface area contributed by atoms with Crippen molar-refractivity contribution >= 4 is 23.2 Å². The predicted octanol–water partition coefficient (Wildman–Crippen LogP) is 4.32. The van der Waals surface area contributed by atoms with Crippen LogP contribution in [0.3, 0.4) is 0 Å². The maximum absolute atomic E-state index is 12.4. The highest BCUT2D eigenvalue weighted by Gasteiger charge is 2.25. The summed E-state index contributed by atoms with van der Waals surface area (Å²) in [5.74, 6) is 0.433. The number of ether oxygens (including phenoxy) is 1. The van der Waals surface area contributed by atoms with Gasteiger partial charge in [0.05, 0.1) is 6.61 Å². The maximum Gasteiger partial charge on any atom is 0.341 e. The number of aryl methyl sites for hydroxylation is 2. The van der Waals surface area contributed by atoms with Gasteiger partial charge in [-0.3, -0.25) is 4.90 Å². The number of esters is 1. The van der Waals surface area contributed by atoms with E-state index < -0.39 is 0 Å². The van der Waals surface area contributed by atoms with Crippen LogP contribution in [0.5, 0.6) is 0 Å². The van der Waals surface area contributed by atoms with E-state index >= 15 is 0 Å². The number of fused-ring (bicyclic) bond motifs is 2. The molecule has 0 amide bonds. The second-order valence-electron chi connectivity index (χ2n) is 8.83. The van der Waals surface area contributed by atoms with Crippen molar-refractivity contribution in [2.75, 3.05) is 55.7 Å². The van der Waals surface area contributed by atoms with E-state index in [9.17, 15) is 4.79 Å². The minimum Gasteiger partial charge on any atom is -0.462 e. The topological polar surface area (TPSA) is 48.9 Å². The van der Waals surface area contributed by atoms with Crippen LogP contribution >= 0.6 is 0 Å². The molecule has 0 bridgehead atoms. The molecule has 2 aromatic carbocycles. The molecule has 6 nitrogen and oxygen atoms in total. The fourth-order valence-corrected chi connectivity index (χ4v) is 5.05. The third kappa shape index (κ3) is 4.64. The number of nitrogens with zero attached hydrogens (tertiary/aromatic N) is 4. The van der Waals surface area contributed by atoms with Gasteiger partial charge in [0.25, 0.3) is 0 Å². The molecule has 0 unspecified atom stereocenters. The van der Waals surface area contributed by atoms with E-state index in [1.54, 1.807) is 18.3 Å². The summed E-state index contributed by atoms with van der Waals surface area (Å²) in [7, 11) is 0. The van der Waals surface area contributed by atoms with Crippen LogP contribution in [0, 0.1) is 0 Å². The van der Waals surface area contributed by atoms with Gasteiger partial charge in [-0.1, -0.05) is 36.4 Å². The summed E-state index contributed by atoms with van der Waals surface area (Å²) >= 11 is 0. The molecule has 34 heavy (non-hydrogen) atoms. The van der Waals surface area contributed by atoms with Crippen LogP contribution in [-0.2, 0) is 17.6 Å². The van der Waals surface area contributed by atoms with E-state index in [1.807, 2.05) is 6.92 Å². The highest BCUT2D eigenvalue weighted by atomic mass is 16.5. The predicted molar refractivity (Wildman–Crippen MR) is 136 cm³/mol. The number of hydrogen-bond donors (Lipinski definition) is 0. The van der Waals surface area contributed by atoms with Gasteiger partial charge in [0, 0.05) is 56.8 Å². The van der Waals surface area contributed by atoms with Crippen LogP contribution in [0.1, 0.15) is 28.4 Å². The van der Waals surface area contributed by atoms with E-state index in [1.165, 1.54) is 22.5 Å². The maximum atomic E-state index is 12.4. The molecule has 0 N–H and O–H groups in total. The molecule has 1 fully saturated rings. The largest absolute Gasteiger partial charge is 0.462 e. The number of hydrogen-bond acceptors (Lipinski definition) is 6. The lowest BCUT2D eigenvalue weighted by Crippen LogP contribution is -2.48. The van der Waals surface area contributed by atoms with Gasteiger partial charge >= 0.3 is 5.97 Å². The minimum atomic E-state index is -0.300. The highest BCUT2D eigenvalue weighted by molar-refractivity contribution is 5.94. The first-order valence-electron chi connectivity index (χ1n) is 12.3. The van der Waals surface area contributed by atoms with E-state index in [2.05, 4.69) is 68.2 Å². The number of piperazine rings is 1. The summed E-state index contributed by atoms with van der Waals surface area (Å²) < 4.78 is 5.23. The summed E-state index contributed by atoms with van der Waals surface area (Å²) in [5.41, 5.74) is 6.06. The molecule has 1 saturated heterocycles. The van der Waals surface area contributed by atoms with Crippen LogP contribution in [-0.4, -0.2) is 61.7 Å². The van der Waals surface area contributed by atoms with E-state index in [0.717, 1.165) is 57.9 Å². The Kier molecular flexibility index (Phi) is 6.77. The van der Waals surface area contributed by atoms with E-state index in [0.29, 0.717) is 12.2 Å². The van der Waals surface area contributed by atoms with Crippen molar-refractivity contribution in [2.45, 2.75) is 19.8 Å². The smallest absolute Gasteiger partial charge is 0.341 e. The number of benzene rings is 2. The van der Waals surface area contributed by atoms with Crippen LogP contribution in [0.4, 0.5) is 17.2 Å². The monoisotopic (exact) mass is 456 g/mol. The average Bonchev–Trinajstić information content (AvgIpc) is 3.05. The average molecular weight is 457 g/mol. The molecule has 0 aliphatic carbocycles. The molecule has 0 spiro atoms. The molecule has 2 aliphatic rings. The van der Waals surface area contributed by atoms with Crippen molar-refractivity contribution in [2.24, 2.45) is 0 Å². The van der Waals surface area contributed by atoms with Crippen molar-refractivity contribution in [1.29, 1.82) is 0 Å². The fraction of sp³-hybridized carbons (Fsp3) is 0.357. The first-order valence-corrected chi connectivity index (χ1v) is 12.3. The zero-order valence-corrected chi connectivity index (χ0v) is 19.8. The van der Waals surface area contributed by atoms with Crippen molar-refractivity contribution in [3.8, 4) is 0 Å². The molecule has 0 radical (unpaired) electrons.